The molecule has 35 heavy (non-hydrogen) atoms. The number of carboxylic acids is 1. The average molecular weight is 529 g/mol. The summed E-state index contributed by atoms with van der Waals surface area (Å²) in [5.41, 5.74) is 7.76. The van der Waals surface area contributed by atoms with Crippen LogP contribution in [0, 0.1) is 5.92 Å². The van der Waals surface area contributed by atoms with E-state index in [0.29, 0.717) is 12.3 Å². The van der Waals surface area contributed by atoms with Gasteiger partial charge in [0.1, 0.15) is 21.9 Å². The molecule has 12 heteroatoms. The molecule has 1 aliphatic heterocycles. The number of benzene rings is 1. The summed E-state index contributed by atoms with van der Waals surface area (Å²) in [7, 11) is -3.42. The number of carbonyl (C=O) groups excluding carboxylic acids is 2. The minimum Gasteiger partial charge on any atom is -0.480 e. The third-order valence-electron chi connectivity index (χ3n) is 5.99. The van der Waals surface area contributed by atoms with Crippen molar-refractivity contribution in [2.75, 3.05) is 24.3 Å². The summed E-state index contributed by atoms with van der Waals surface area (Å²) in [6.45, 7) is 4.34. The standard InChI is InChI=1S/C23H36N4O6S2/c1-14(2)20(25-11-17(24)13-34)22(29)27-12-16-7-5-4-6-15(16)10-19(27)21(28)26-18(23(30)31)8-9-35(3,32)33/h4-7,14,17-20,25,34H,8-13,24H2,1-3H3,(H,26,28)(H,30,31)/t17-,18-,19+,20-/m0/s1. The number of carboxylic acid groups (broad SMARTS) is 1. The summed E-state index contributed by atoms with van der Waals surface area (Å²) in [6.07, 6.45) is 0.951. The van der Waals surface area contributed by atoms with E-state index in [-0.39, 0.29) is 43.0 Å². The maximum Gasteiger partial charge on any atom is 0.326 e. The quantitative estimate of drug-likeness (QED) is 0.234. The van der Waals surface area contributed by atoms with E-state index < -0.39 is 39.8 Å². The van der Waals surface area contributed by atoms with Gasteiger partial charge in [-0.15, -0.1) is 0 Å². The molecule has 4 atom stereocenters. The van der Waals surface area contributed by atoms with E-state index >= 15 is 0 Å². The third-order valence-corrected chi connectivity index (χ3v) is 7.44. The van der Waals surface area contributed by atoms with Crippen LogP contribution < -0.4 is 16.4 Å². The van der Waals surface area contributed by atoms with Gasteiger partial charge in [-0.3, -0.25) is 9.59 Å². The first-order valence-electron chi connectivity index (χ1n) is 11.5. The van der Waals surface area contributed by atoms with Crippen molar-refractivity contribution in [1.82, 2.24) is 15.5 Å². The Morgan fingerprint density at radius 1 is 1.23 bits per heavy atom. The summed E-state index contributed by atoms with van der Waals surface area (Å²) in [4.78, 5) is 40.1. The maximum atomic E-state index is 13.7. The number of aliphatic carboxylic acids is 1. The van der Waals surface area contributed by atoms with Gasteiger partial charge in [0, 0.05) is 37.6 Å². The molecule has 0 saturated heterocycles. The first-order chi connectivity index (χ1) is 16.3. The van der Waals surface area contributed by atoms with Gasteiger partial charge in [-0.05, 0) is 23.5 Å². The monoisotopic (exact) mass is 528 g/mol. The van der Waals surface area contributed by atoms with E-state index in [2.05, 4.69) is 23.3 Å². The number of amides is 2. The SMILES string of the molecule is CC(C)[C@H](NC[C@H](N)CS)C(=O)N1Cc2ccccc2C[C@@H]1C(=O)N[C@@H](CCS(C)(=O)=O)C(=O)O. The van der Waals surface area contributed by atoms with Gasteiger partial charge in [0.2, 0.25) is 11.8 Å². The van der Waals surface area contributed by atoms with Gasteiger partial charge in [-0.2, -0.15) is 12.6 Å². The number of sulfone groups is 1. The van der Waals surface area contributed by atoms with Gasteiger partial charge in [-0.1, -0.05) is 38.1 Å². The third kappa shape index (κ3) is 8.48. The highest BCUT2D eigenvalue weighted by Gasteiger charge is 2.39. The van der Waals surface area contributed by atoms with Crippen molar-refractivity contribution in [3.63, 3.8) is 0 Å². The zero-order chi connectivity index (χ0) is 26.3. The molecule has 0 spiro atoms. The molecule has 0 fully saturated rings. The molecule has 5 N–H and O–H groups in total. The summed E-state index contributed by atoms with van der Waals surface area (Å²) < 4.78 is 23.0. The van der Waals surface area contributed by atoms with Crippen molar-refractivity contribution >= 4 is 40.2 Å². The number of nitrogens with zero attached hydrogens (tertiary/aromatic N) is 1. The van der Waals surface area contributed by atoms with Crippen LogP contribution in [0.4, 0.5) is 0 Å². The van der Waals surface area contributed by atoms with Crippen molar-refractivity contribution in [1.29, 1.82) is 0 Å². The minimum absolute atomic E-state index is 0.1000. The van der Waals surface area contributed by atoms with E-state index in [4.69, 9.17) is 5.73 Å². The largest absolute Gasteiger partial charge is 0.480 e. The summed E-state index contributed by atoms with van der Waals surface area (Å²) in [5.74, 6) is -2.30. The minimum atomic E-state index is -3.42. The lowest BCUT2D eigenvalue weighted by molar-refractivity contribution is -0.146. The van der Waals surface area contributed by atoms with Gasteiger partial charge in [0.15, 0.2) is 0 Å². The highest BCUT2D eigenvalue weighted by atomic mass is 32.2. The number of nitrogens with one attached hydrogen (secondary N) is 2. The molecule has 1 aromatic carbocycles. The number of hydrogen-bond acceptors (Lipinski definition) is 8. The normalized spacial score (nSPS) is 18.5. The van der Waals surface area contributed by atoms with Crippen molar-refractivity contribution in [2.45, 2.75) is 57.4 Å². The molecular weight excluding hydrogens is 492 g/mol. The van der Waals surface area contributed by atoms with Crippen LogP contribution in [0.3, 0.4) is 0 Å². The van der Waals surface area contributed by atoms with E-state index in [1.54, 1.807) is 0 Å². The van der Waals surface area contributed by atoms with Gasteiger partial charge in [0.05, 0.1) is 11.8 Å². The first kappa shape index (κ1) is 29.1. The van der Waals surface area contributed by atoms with E-state index in [1.807, 2.05) is 38.1 Å². The number of hydrogen-bond donors (Lipinski definition) is 5. The number of fused-ring (bicyclic) bond motifs is 1. The molecule has 0 bridgehead atoms. The molecule has 0 radical (unpaired) electrons. The van der Waals surface area contributed by atoms with Gasteiger partial charge >= 0.3 is 5.97 Å². The predicted molar refractivity (Wildman–Crippen MR) is 137 cm³/mol. The van der Waals surface area contributed by atoms with Crippen LogP contribution in [0.5, 0.6) is 0 Å². The Morgan fingerprint density at radius 3 is 2.40 bits per heavy atom. The Kier molecular flexibility index (Phi) is 10.6. The molecule has 0 saturated carbocycles. The van der Waals surface area contributed by atoms with E-state index in [1.165, 1.54) is 4.90 Å². The molecule has 1 aromatic rings. The molecule has 0 aromatic heterocycles. The van der Waals surface area contributed by atoms with E-state index in [0.717, 1.165) is 17.4 Å². The summed E-state index contributed by atoms with van der Waals surface area (Å²) in [6, 6.07) is 4.27. The molecule has 2 rings (SSSR count). The van der Waals surface area contributed by atoms with Crippen molar-refractivity contribution < 1.29 is 27.9 Å². The molecule has 0 unspecified atom stereocenters. The highest BCUT2D eigenvalue weighted by molar-refractivity contribution is 7.90. The summed E-state index contributed by atoms with van der Waals surface area (Å²) >= 11 is 4.18. The van der Waals surface area contributed by atoms with Crippen molar-refractivity contribution in [3.8, 4) is 0 Å². The smallest absolute Gasteiger partial charge is 0.326 e. The van der Waals surface area contributed by atoms with Gasteiger partial charge in [-0.25, -0.2) is 13.2 Å². The first-order valence-corrected chi connectivity index (χ1v) is 14.2. The second kappa shape index (κ2) is 12.7. The molecule has 2 amide bonds. The molecule has 0 aliphatic carbocycles. The Morgan fingerprint density at radius 2 is 1.86 bits per heavy atom. The van der Waals surface area contributed by atoms with Crippen LogP contribution in [0.15, 0.2) is 24.3 Å². The lowest BCUT2D eigenvalue weighted by Gasteiger charge is -2.39. The van der Waals surface area contributed by atoms with Crippen molar-refractivity contribution in [3.05, 3.63) is 35.4 Å². The number of nitrogens with two attached hydrogens (primary N) is 1. The fourth-order valence-corrected chi connectivity index (χ4v) is 4.77. The van der Waals surface area contributed by atoms with Crippen LogP contribution in [-0.4, -0.2) is 84.7 Å². The Bertz CT molecular complexity index is 1020. The van der Waals surface area contributed by atoms with Gasteiger partial charge < -0.3 is 26.4 Å². The number of rotatable bonds is 12. The Hall–Kier alpha value is -2.15. The van der Waals surface area contributed by atoms with Crippen LogP contribution in [0.25, 0.3) is 0 Å². The van der Waals surface area contributed by atoms with E-state index in [9.17, 15) is 27.9 Å². The topological polar surface area (TPSA) is 159 Å². The maximum absolute atomic E-state index is 13.7. The predicted octanol–water partition coefficient (Wildman–Crippen LogP) is -0.185. The Labute approximate surface area is 212 Å². The average Bonchev–Trinajstić information content (AvgIpc) is 2.79. The Balaban J connectivity index is 2.31. The highest BCUT2D eigenvalue weighted by Crippen LogP contribution is 2.25. The second-order valence-electron chi connectivity index (χ2n) is 9.35. The van der Waals surface area contributed by atoms with Crippen molar-refractivity contribution in [2.24, 2.45) is 11.7 Å². The molecular formula is C23H36N4O6S2. The number of carbonyl (C=O) groups is 3. The summed E-state index contributed by atoms with van der Waals surface area (Å²) in [5, 5.41) is 15.2. The zero-order valence-corrected chi connectivity index (χ0v) is 22.0. The molecule has 1 heterocycles. The molecule has 1 aliphatic rings. The fourth-order valence-electron chi connectivity index (χ4n) is 3.98. The van der Waals surface area contributed by atoms with Crippen LogP contribution in [0.1, 0.15) is 31.4 Å². The molecule has 196 valence electrons. The second-order valence-corrected chi connectivity index (χ2v) is 12.0. The zero-order valence-electron chi connectivity index (χ0n) is 20.3. The fraction of sp³-hybridized carbons (Fsp3) is 0.609. The van der Waals surface area contributed by atoms with Gasteiger partial charge in [0.25, 0.3) is 0 Å². The van der Waals surface area contributed by atoms with Crippen LogP contribution >= 0.6 is 12.6 Å². The lowest BCUT2D eigenvalue weighted by Crippen LogP contribution is -2.60. The number of thiol groups is 1. The lowest BCUT2D eigenvalue weighted by atomic mass is 9.91. The van der Waals surface area contributed by atoms with Crippen LogP contribution in [0.2, 0.25) is 0 Å². The van der Waals surface area contributed by atoms with Crippen LogP contribution in [-0.2, 0) is 37.2 Å². The molecule has 10 nitrogen and oxygen atoms in total.